The summed E-state index contributed by atoms with van der Waals surface area (Å²) in [5.41, 5.74) is 11.2. The second kappa shape index (κ2) is 6.01. The first-order valence-electron chi connectivity index (χ1n) is 8.27. The van der Waals surface area contributed by atoms with Crippen LogP contribution in [0, 0.1) is 0 Å². The molecule has 0 fully saturated rings. The van der Waals surface area contributed by atoms with Gasteiger partial charge in [-0.15, -0.1) is 0 Å². The number of fused-ring (bicyclic) bond motifs is 2. The van der Waals surface area contributed by atoms with Crippen LogP contribution in [0.3, 0.4) is 0 Å². The molecule has 0 atom stereocenters. The van der Waals surface area contributed by atoms with E-state index in [0.29, 0.717) is 6.54 Å². The molecule has 2 heterocycles. The molecule has 3 aromatic rings. The number of hydrogen-bond donors (Lipinski definition) is 2. The molecule has 1 aliphatic rings. The largest absolute Gasteiger partial charge is 0.370 e. The fourth-order valence-corrected chi connectivity index (χ4v) is 3.23. The average Bonchev–Trinajstić information content (AvgIpc) is 3.21. The third-order valence-electron chi connectivity index (χ3n) is 4.37. The van der Waals surface area contributed by atoms with E-state index in [1.807, 2.05) is 22.7 Å². The molecule has 0 spiro atoms. The molecule has 118 valence electrons. The van der Waals surface area contributed by atoms with Crippen molar-refractivity contribution in [1.29, 1.82) is 0 Å². The molecule has 0 saturated carbocycles. The number of aromatic nitrogens is 3. The quantitative estimate of drug-likeness (QED) is 0.711. The number of rotatable bonds is 5. The van der Waals surface area contributed by atoms with E-state index in [4.69, 9.17) is 15.8 Å². The van der Waals surface area contributed by atoms with Gasteiger partial charge in [-0.25, -0.2) is 4.98 Å². The number of aryl methyl sites for hydroxylation is 1. The van der Waals surface area contributed by atoms with Crippen LogP contribution in [0.4, 0.5) is 5.82 Å². The van der Waals surface area contributed by atoms with Crippen LogP contribution in [0.2, 0.25) is 0 Å². The molecule has 23 heavy (non-hydrogen) atoms. The van der Waals surface area contributed by atoms with Gasteiger partial charge in [0, 0.05) is 29.4 Å². The molecular weight excluding hydrogens is 286 g/mol. The van der Waals surface area contributed by atoms with Crippen molar-refractivity contribution in [2.45, 2.75) is 25.7 Å². The predicted molar refractivity (Wildman–Crippen MR) is 92.6 cm³/mol. The van der Waals surface area contributed by atoms with Crippen molar-refractivity contribution in [3.63, 3.8) is 0 Å². The predicted octanol–water partition coefficient (Wildman–Crippen LogP) is 2.65. The minimum absolute atomic E-state index is 0.692. The Kier molecular flexibility index (Phi) is 3.71. The minimum atomic E-state index is 0.692. The second-order valence-electron chi connectivity index (χ2n) is 5.97. The van der Waals surface area contributed by atoms with Crippen LogP contribution in [0.25, 0.3) is 16.9 Å². The monoisotopic (exact) mass is 307 g/mol. The smallest absolute Gasteiger partial charge is 0.158 e. The maximum atomic E-state index is 5.62. The molecule has 5 heteroatoms. The number of benzene rings is 1. The highest BCUT2D eigenvalue weighted by molar-refractivity contribution is 5.67. The maximum absolute atomic E-state index is 5.62. The SMILES string of the molecule is NCCCNc1c2c(nc3cc(-c4ccccc4)nn13)CCC2. The van der Waals surface area contributed by atoms with Gasteiger partial charge in [0.25, 0.3) is 0 Å². The highest BCUT2D eigenvalue weighted by Crippen LogP contribution is 2.30. The molecule has 4 rings (SSSR count). The second-order valence-corrected chi connectivity index (χ2v) is 5.97. The van der Waals surface area contributed by atoms with Crippen LogP contribution in [0.5, 0.6) is 0 Å². The molecule has 3 N–H and O–H groups in total. The first-order valence-corrected chi connectivity index (χ1v) is 8.27. The van der Waals surface area contributed by atoms with Gasteiger partial charge in [-0.3, -0.25) is 0 Å². The van der Waals surface area contributed by atoms with Gasteiger partial charge < -0.3 is 11.1 Å². The van der Waals surface area contributed by atoms with Crippen molar-refractivity contribution >= 4 is 11.5 Å². The van der Waals surface area contributed by atoms with E-state index in [1.54, 1.807) is 0 Å². The van der Waals surface area contributed by atoms with Gasteiger partial charge >= 0.3 is 0 Å². The van der Waals surface area contributed by atoms with Gasteiger partial charge in [0.15, 0.2) is 5.65 Å². The Balaban J connectivity index is 1.82. The zero-order valence-electron chi connectivity index (χ0n) is 13.1. The van der Waals surface area contributed by atoms with Gasteiger partial charge in [-0.05, 0) is 32.2 Å². The summed E-state index contributed by atoms with van der Waals surface area (Å²) in [6, 6.07) is 12.3. The van der Waals surface area contributed by atoms with Gasteiger partial charge in [-0.2, -0.15) is 9.61 Å². The molecule has 1 aliphatic carbocycles. The highest BCUT2D eigenvalue weighted by atomic mass is 15.3. The van der Waals surface area contributed by atoms with Crippen LogP contribution in [0.15, 0.2) is 36.4 Å². The molecule has 0 saturated heterocycles. The molecule has 0 amide bonds. The molecule has 0 bridgehead atoms. The summed E-state index contributed by atoms with van der Waals surface area (Å²) in [5, 5.41) is 8.33. The van der Waals surface area contributed by atoms with E-state index in [0.717, 1.165) is 48.5 Å². The molecule has 0 unspecified atom stereocenters. The number of nitrogens with zero attached hydrogens (tertiary/aromatic N) is 3. The van der Waals surface area contributed by atoms with Crippen LogP contribution in [0.1, 0.15) is 24.1 Å². The van der Waals surface area contributed by atoms with Crippen molar-refractivity contribution in [3.8, 4) is 11.3 Å². The van der Waals surface area contributed by atoms with Gasteiger partial charge in [0.1, 0.15) is 5.82 Å². The number of nitrogens with two attached hydrogens (primary N) is 1. The maximum Gasteiger partial charge on any atom is 0.158 e. The lowest BCUT2D eigenvalue weighted by Gasteiger charge is -2.12. The lowest BCUT2D eigenvalue weighted by molar-refractivity contribution is 0.845. The Morgan fingerprint density at radius 1 is 1.17 bits per heavy atom. The fraction of sp³-hybridized carbons (Fsp3) is 0.333. The third kappa shape index (κ3) is 2.57. The summed E-state index contributed by atoms with van der Waals surface area (Å²) in [5.74, 6) is 1.10. The van der Waals surface area contributed by atoms with E-state index >= 15 is 0 Å². The number of hydrogen-bond acceptors (Lipinski definition) is 4. The Labute approximate surface area is 135 Å². The molecule has 5 nitrogen and oxygen atoms in total. The van der Waals surface area contributed by atoms with Crippen LogP contribution >= 0.6 is 0 Å². The zero-order chi connectivity index (χ0) is 15.6. The van der Waals surface area contributed by atoms with E-state index in [9.17, 15) is 0 Å². The van der Waals surface area contributed by atoms with Gasteiger partial charge in [-0.1, -0.05) is 30.3 Å². The molecular formula is C18H21N5. The Morgan fingerprint density at radius 2 is 2.04 bits per heavy atom. The Morgan fingerprint density at radius 3 is 2.87 bits per heavy atom. The van der Waals surface area contributed by atoms with Crippen LogP contribution < -0.4 is 11.1 Å². The van der Waals surface area contributed by atoms with Crippen LogP contribution in [-0.2, 0) is 12.8 Å². The lowest BCUT2D eigenvalue weighted by atomic mass is 10.2. The third-order valence-corrected chi connectivity index (χ3v) is 4.37. The van der Waals surface area contributed by atoms with Crippen molar-refractivity contribution in [2.24, 2.45) is 5.73 Å². The van der Waals surface area contributed by atoms with Crippen molar-refractivity contribution < 1.29 is 0 Å². The van der Waals surface area contributed by atoms with E-state index in [2.05, 4.69) is 23.5 Å². The summed E-state index contributed by atoms with van der Waals surface area (Å²) in [4.78, 5) is 4.83. The lowest BCUT2D eigenvalue weighted by Crippen LogP contribution is -2.14. The van der Waals surface area contributed by atoms with E-state index in [1.165, 1.54) is 17.7 Å². The highest BCUT2D eigenvalue weighted by Gasteiger charge is 2.21. The normalized spacial score (nSPS) is 13.4. The molecule has 0 radical (unpaired) electrons. The molecule has 2 aromatic heterocycles. The summed E-state index contributed by atoms with van der Waals surface area (Å²) < 4.78 is 1.96. The minimum Gasteiger partial charge on any atom is -0.370 e. The fourth-order valence-electron chi connectivity index (χ4n) is 3.23. The molecule has 1 aromatic carbocycles. The first-order chi connectivity index (χ1) is 11.4. The number of anilines is 1. The van der Waals surface area contributed by atoms with Crippen molar-refractivity contribution in [2.75, 3.05) is 18.4 Å². The van der Waals surface area contributed by atoms with E-state index < -0.39 is 0 Å². The van der Waals surface area contributed by atoms with Gasteiger partial charge in [0.2, 0.25) is 0 Å². The summed E-state index contributed by atoms with van der Waals surface area (Å²) in [6.07, 6.45) is 4.25. The van der Waals surface area contributed by atoms with Crippen molar-refractivity contribution in [1.82, 2.24) is 14.6 Å². The zero-order valence-corrected chi connectivity index (χ0v) is 13.1. The summed E-state index contributed by atoms with van der Waals surface area (Å²) >= 11 is 0. The van der Waals surface area contributed by atoms with Gasteiger partial charge in [0.05, 0.1) is 5.69 Å². The number of nitrogens with one attached hydrogen (secondary N) is 1. The Bertz CT molecular complexity index is 822. The van der Waals surface area contributed by atoms with E-state index in [-0.39, 0.29) is 0 Å². The standard InChI is InChI=1S/C18H21N5/c19-10-5-11-20-18-14-8-4-9-15(14)21-17-12-16(22-23(17)18)13-6-2-1-3-7-13/h1-3,6-7,12,20H,4-5,8-11,19H2. The summed E-state index contributed by atoms with van der Waals surface area (Å²) in [6.45, 7) is 1.56. The molecule has 0 aliphatic heterocycles. The average molecular weight is 307 g/mol. The van der Waals surface area contributed by atoms with Crippen molar-refractivity contribution in [3.05, 3.63) is 47.7 Å². The Hall–Kier alpha value is -2.40. The first kappa shape index (κ1) is 14.2. The topological polar surface area (TPSA) is 68.2 Å². The van der Waals surface area contributed by atoms with Crippen LogP contribution in [-0.4, -0.2) is 27.7 Å². The summed E-state index contributed by atoms with van der Waals surface area (Å²) in [7, 11) is 0.